The van der Waals surface area contributed by atoms with Gasteiger partial charge in [0.15, 0.2) is 5.78 Å². The number of hydrogen-bond donors (Lipinski definition) is 1. The fourth-order valence-corrected chi connectivity index (χ4v) is 3.58. The molecule has 0 saturated carbocycles. The molecule has 1 amide bonds. The van der Waals surface area contributed by atoms with Crippen LogP contribution < -0.4 is 0 Å². The lowest BCUT2D eigenvalue weighted by Gasteiger charge is -2.16. The fourth-order valence-electron chi connectivity index (χ4n) is 3.45. The highest BCUT2D eigenvalue weighted by atomic mass is 35.5. The highest BCUT2D eigenvalue weighted by Crippen LogP contribution is 2.34. The standard InChI is InChI=1S/C21H20ClNO4/c22-16-8-6-14(7-9-16)17-12-23(13-18(17)21(26)27)20(25)11-10-19(24)15-4-2-1-3-5-15/h1-9,17-18H,10-13H2,(H,26,27)/t17-,18+/m0/s1. The molecule has 0 radical (unpaired) electrons. The molecule has 1 saturated heterocycles. The number of likely N-dealkylation sites (tertiary alicyclic amines) is 1. The first-order chi connectivity index (χ1) is 13.0. The van der Waals surface area contributed by atoms with Crippen LogP contribution in [-0.4, -0.2) is 40.8 Å². The minimum absolute atomic E-state index is 0.0768. The van der Waals surface area contributed by atoms with Crippen molar-refractivity contribution in [3.8, 4) is 0 Å². The monoisotopic (exact) mass is 385 g/mol. The third kappa shape index (κ3) is 4.55. The molecule has 3 rings (SSSR count). The van der Waals surface area contributed by atoms with E-state index in [9.17, 15) is 19.5 Å². The van der Waals surface area contributed by atoms with Crippen molar-refractivity contribution in [2.24, 2.45) is 5.92 Å². The Kier molecular flexibility index (Phi) is 5.91. The quantitative estimate of drug-likeness (QED) is 0.770. The van der Waals surface area contributed by atoms with Gasteiger partial charge in [-0.25, -0.2) is 0 Å². The van der Waals surface area contributed by atoms with E-state index in [0.29, 0.717) is 17.1 Å². The van der Waals surface area contributed by atoms with Crippen molar-refractivity contribution in [3.63, 3.8) is 0 Å². The van der Waals surface area contributed by atoms with Crippen molar-refractivity contribution >= 4 is 29.3 Å². The third-order valence-electron chi connectivity index (χ3n) is 4.95. The second-order valence-electron chi connectivity index (χ2n) is 6.69. The minimum atomic E-state index is -0.925. The summed E-state index contributed by atoms with van der Waals surface area (Å²) in [6.45, 7) is 0.484. The number of ketones is 1. The van der Waals surface area contributed by atoms with Gasteiger partial charge in [-0.05, 0) is 17.7 Å². The van der Waals surface area contributed by atoms with Gasteiger partial charge in [0.05, 0.1) is 5.92 Å². The van der Waals surface area contributed by atoms with Crippen LogP contribution in [0.2, 0.25) is 5.02 Å². The van der Waals surface area contributed by atoms with Gasteiger partial charge in [0.2, 0.25) is 5.91 Å². The van der Waals surface area contributed by atoms with Crippen LogP contribution >= 0.6 is 11.6 Å². The van der Waals surface area contributed by atoms with Crippen LogP contribution in [0.5, 0.6) is 0 Å². The van der Waals surface area contributed by atoms with E-state index >= 15 is 0 Å². The van der Waals surface area contributed by atoms with E-state index in [1.54, 1.807) is 53.4 Å². The zero-order chi connectivity index (χ0) is 19.4. The van der Waals surface area contributed by atoms with E-state index in [2.05, 4.69) is 0 Å². The molecule has 2 atom stereocenters. The smallest absolute Gasteiger partial charge is 0.308 e. The Morgan fingerprint density at radius 2 is 1.63 bits per heavy atom. The van der Waals surface area contributed by atoms with Crippen LogP contribution in [0.25, 0.3) is 0 Å². The molecule has 27 heavy (non-hydrogen) atoms. The molecule has 1 aliphatic heterocycles. The second kappa shape index (κ2) is 8.35. The van der Waals surface area contributed by atoms with Crippen LogP contribution in [0.15, 0.2) is 54.6 Å². The maximum atomic E-state index is 12.5. The van der Waals surface area contributed by atoms with Gasteiger partial charge in [0.25, 0.3) is 0 Å². The van der Waals surface area contributed by atoms with Gasteiger partial charge in [0, 0.05) is 42.4 Å². The largest absolute Gasteiger partial charge is 0.481 e. The molecule has 1 fully saturated rings. The minimum Gasteiger partial charge on any atom is -0.481 e. The first kappa shape index (κ1) is 19.1. The summed E-state index contributed by atoms with van der Waals surface area (Å²) < 4.78 is 0. The highest BCUT2D eigenvalue weighted by molar-refractivity contribution is 6.30. The Hall–Kier alpha value is -2.66. The number of Topliss-reactive ketones (excluding diaryl/α,β-unsaturated/α-hetero) is 1. The van der Waals surface area contributed by atoms with E-state index in [0.717, 1.165) is 5.56 Å². The van der Waals surface area contributed by atoms with Crippen molar-refractivity contribution < 1.29 is 19.5 Å². The van der Waals surface area contributed by atoms with Gasteiger partial charge in [-0.1, -0.05) is 54.1 Å². The summed E-state index contributed by atoms with van der Waals surface area (Å²) in [4.78, 5) is 37.9. The lowest BCUT2D eigenvalue weighted by atomic mass is 9.89. The van der Waals surface area contributed by atoms with Crippen molar-refractivity contribution in [2.75, 3.05) is 13.1 Å². The number of carbonyl (C=O) groups is 3. The van der Waals surface area contributed by atoms with Crippen LogP contribution in [0.3, 0.4) is 0 Å². The predicted molar refractivity (Wildman–Crippen MR) is 102 cm³/mol. The lowest BCUT2D eigenvalue weighted by molar-refractivity contribution is -0.141. The van der Waals surface area contributed by atoms with Gasteiger partial charge in [-0.15, -0.1) is 0 Å². The summed E-state index contributed by atoms with van der Waals surface area (Å²) in [5.41, 5.74) is 1.43. The zero-order valence-corrected chi connectivity index (χ0v) is 15.4. The number of carbonyl (C=O) groups excluding carboxylic acids is 2. The van der Waals surface area contributed by atoms with Crippen LogP contribution in [0.4, 0.5) is 0 Å². The van der Waals surface area contributed by atoms with Crippen LogP contribution in [0, 0.1) is 5.92 Å². The molecule has 0 bridgehead atoms. The average Bonchev–Trinajstić information content (AvgIpc) is 3.13. The second-order valence-corrected chi connectivity index (χ2v) is 7.13. The van der Waals surface area contributed by atoms with Crippen LogP contribution in [-0.2, 0) is 9.59 Å². The van der Waals surface area contributed by atoms with Gasteiger partial charge in [0.1, 0.15) is 0 Å². The Morgan fingerprint density at radius 3 is 2.26 bits per heavy atom. The molecule has 0 aliphatic carbocycles. The Balaban J connectivity index is 1.64. The van der Waals surface area contributed by atoms with Crippen molar-refractivity contribution in [1.82, 2.24) is 4.90 Å². The maximum absolute atomic E-state index is 12.5. The topological polar surface area (TPSA) is 74.7 Å². The first-order valence-electron chi connectivity index (χ1n) is 8.80. The molecule has 0 aromatic heterocycles. The van der Waals surface area contributed by atoms with E-state index in [1.807, 2.05) is 6.07 Å². The number of nitrogens with zero attached hydrogens (tertiary/aromatic N) is 1. The molecule has 140 valence electrons. The molecule has 1 N–H and O–H groups in total. The van der Waals surface area contributed by atoms with Gasteiger partial charge < -0.3 is 10.0 Å². The number of amides is 1. The van der Waals surface area contributed by atoms with E-state index in [-0.39, 0.29) is 37.0 Å². The van der Waals surface area contributed by atoms with Crippen LogP contribution in [0.1, 0.15) is 34.7 Å². The zero-order valence-electron chi connectivity index (χ0n) is 14.7. The number of hydrogen-bond acceptors (Lipinski definition) is 3. The SMILES string of the molecule is O=C(CCC(=O)N1C[C@@H](C(=O)O)[C@H](c2ccc(Cl)cc2)C1)c1ccccc1. The average molecular weight is 386 g/mol. The molecule has 0 spiro atoms. The number of carboxylic acid groups (broad SMARTS) is 1. The third-order valence-corrected chi connectivity index (χ3v) is 5.20. The molecule has 5 nitrogen and oxygen atoms in total. The summed E-state index contributed by atoms with van der Waals surface area (Å²) in [7, 11) is 0. The van der Waals surface area contributed by atoms with Crippen molar-refractivity contribution in [1.29, 1.82) is 0 Å². The van der Waals surface area contributed by atoms with Gasteiger partial charge in [-0.3, -0.25) is 14.4 Å². The summed E-state index contributed by atoms with van der Waals surface area (Å²) in [5, 5.41) is 10.1. The molecule has 2 aromatic rings. The number of rotatable bonds is 6. The lowest BCUT2D eigenvalue weighted by Crippen LogP contribution is -2.30. The summed E-state index contributed by atoms with van der Waals surface area (Å²) in [5.74, 6) is -2.16. The predicted octanol–water partition coefficient (Wildman–Crippen LogP) is 3.63. The summed E-state index contributed by atoms with van der Waals surface area (Å²) in [6.07, 6.45) is 0.191. The maximum Gasteiger partial charge on any atom is 0.308 e. The number of halogens is 1. The Labute approximate surface area is 162 Å². The molecular formula is C21H20ClNO4. The van der Waals surface area contributed by atoms with E-state index in [1.165, 1.54) is 0 Å². The molecule has 1 aliphatic rings. The normalized spacial score (nSPS) is 19.1. The van der Waals surface area contributed by atoms with E-state index < -0.39 is 11.9 Å². The number of carboxylic acids is 1. The van der Waals surface area contributed by atoms with Crippen molar-refractivity contribution in [2.45, 2.75) is 18.8 Å². The highest BCUT2D eigenvalue weighted by Gasteiger charge is 2.40. The summed E-state index contributed by atoms with van der Waals surface area (Å²) in [6, 6.07) is 15.9. The fraction of sp³-hybridized carbons (Fsp3) is 0.286. The molecule has 0 unspecified atom stereocenters. The summed E-state index contributed by atoms with van der Waals surface area (Å²) >= 11 is 5.91. The van der Waals surface area contributed by atoms with E-state index in [4.69, 9.17) is 11.6 Å². The number of aliphatic carboxylic acids is 1. The Bertz CT molecular complexity index is 835. The molecule has 2 aromatic carbocycles. The van der Waals surface area contributed by atoms with Gasteiger partial charge in [-0.2, -0.15) is 0 Å². The molecular weight excluding hydrogens is 366 g/mol. The van der Waals surface area contributed by atoms with Gasteiger partial charge >= 0.3 is 5.97 Å². The first-order valence-corrected chi connectivity index (χ1v) is 9.18. The molecule has 6 heteroatoms. The molecule has 1 heterocycles. The number of benzene rings is 2. The van der Waals surface area contributed by atoms with Crippen molar-refractivity contribution in [3.05, 3.63) is 70.7 Å². The Morgan fingerprint density at radius 1 is 0.963 bits per heavy atom.